The molecule has 4 rings (SSSR count). The Bertz CT molecular complexity index is 528. The number of hydrogen-bond donors (Lipinski definition) is 1. The Morgan fingerprint density at radius 3 is 3.30 bits per heavy atom. The molecule has 4 heterocycles. The number of aliphatic imine (C=N–C) groups is 2. The molecule has 20 heavy (non-hydrogen) atoms. The van der Waals surface area contributed by atoms with E-state index in [1.54, 1.807) is 23.5 Å². The Labute approximate surface area is 127 Å². The van der Waals surface area contributed by atoms with Crippen molar-refractivity contribution in [1.29, 1.82) is 0 Å². The van der Waals surface area contributed by atoms with Gasteiger partial charge in [-0.25, -0.2) is 0 Å². The van der Waals surface area contributed by atoms with Crippen molar-refractivity contribution in [3.63, 3.8) is 0 Å². The molecule has 0 saturated carbocycles. The summed E-state index contributed by atoms with van der Waals surface area (Å²) in [5, 5.41) is 7.90. The molecular formula is C13H18N4OS2. The SMILES string of the molecule is CC1(C)CN2C(CSC3=N[C@@H]4COC[C@H]4N3)=CSC2=N1. The van der Waals surface area contributed by atoms with Gasteiger partial charge < -0.3 is 15.0 Å². The second kappa shape index (κ2) is 4.68. The number of thioether (sulfide) groups is 2. The minimum absolute atomic E-state index is 0.0456. The largest absolute Gasteiger partial charge is 0.377 e. The molecule has 4 aliphatic rings. The highest BCUT2D eigenvalue weighted by Gasteiger charge is 2.37. The maximum absolute atomic E-state index is 5.40. The van der Waals surface area contributed by atoms with Crippen LogP contribution in [-0.2, 0) is 4.74 Å². The third kappa shape index (κ3) is 2.25. The third-order valence-electron chi connectivity index (χ3n) is 3.82. The highest BCUT2D eigenvalue weighted by atomic mass is 32.2. The molecule has 0 radical (unpaired) electrons. The van der Waals surface area contributed by atoms with Gasteiger partial charge in [-0.3, -0.25) is 9.98 Å². The van der Waals surface area contributed by atoms with Crippen LogP contribution in [0.25, 0.3) is 0 Å². The summed E-state index contributed by atoms with van der Waals surface area (Å²) in [6, 6.07) is 0.722. The van der Waals surface area contributed by atoms with E-state index in [2.05, 4.69) is 34.5 Å². The molecule has 1 N–H and O–H groups in total. The third-order valence-corrected chi connectivity index (χ3v) is 5.67. The van der Waals surface area contributed by atoms with E-state index in [0.29, 0.717) is 12.1 Å². The smallest absolute Gasteiger partial charge is 0.168 e. The van der Waals surface area contributed by atoms with E-state index in [1.165, 1.54) is 5.70 Å². The number of nitrogens with one attached hydrogen (secondary N) is 1. The van der Waals surface area contributed by atoms with Crippen LogP contribution in [-0.4, -0.2) is 58.4 Å². The van der Waals surface area contributed by atoms with Gasteiger partial charge >= 0.3 is 0 Å². The van der Waals surface area contributed by atoms with Crippen LogP contribution in [0.2, 0.25) is 0 Å². The molecule has 5 nitrogen and oxygen atoms in total. The Morgan fingerprint density at radius 2 is 2.45 bits per heavy atom. The van der Waals surface area contributed by atoms with Gasteiger partial charge in [0, 0.05) is 18.0 Å². The molecule has 0 aromatic rings. The Balaban J connectivity index is 1.36. The fraction of sp³-hybridized carbons (Fsp3) is 0.692. The number of rotatable bonds is 2. The molecule has 0 amide bonds. The summed E-state index contributed by atoms with van der Waals surface area (Å²) in [5.74, 6) is 0.953. The maximum Gasteiger partial charge on any atom is 0.168 e. The number of ether oxygens (including phenoxy) is 1. The summed E-state index contributed by atoms with van der Waals surface area (Å²) in [6.07, 6.45) is 0. The second-order valence-corrected chi connectivity index (χ2v) is 7.90. The molecule has 2 atom stereocenters. The first-order valence-corrected chi connectivity index (χ1v) is 8.75. The lowest BCUT2D eigenvalue weighted by Gasteiger charge is -2.20. The van der Waals surface area contributed by atoms with Crippen LogP contribution in [0.5, 0.6) is 0 Å². The van der Waals surface area contributed by atoms with Crippen molar-refractivity contribution in [3.8, 4) is 0 Å². The fourth-order valence-corrected chi connectivity index (χ4v) is 4.93. The number of fused-ring (bicyclic) bond motifs is 2. The van der Waals surface area contributed by atoms with Crippen molar-refractivity contribution in [2.24, 2.45) is 9.98 Å². The number of amidine groups is 2. The van der Waals surface area contributed by atoms with E-state index in [4.69, 9.17) is 9.73 Å². The molecule has 1 fully saturated rings. The molecule has 0 spiro atoms. The van der Waals surface area contributed by atoms with Gasteiger partial charge in [0.15, 0.2) is 10.3 Å². The van der Waals surface area contributed by atoms with E-state index in [0.717, 1.165) is 35.8 Å². The highest BCUT2D eigenvalue weighted by molar-refractivity contribution is 8.17. The molecule has 0 unspecified atom stereocenters. The Kier molecular flexibility index (Phi) is 3.05. The van der Waals surface area contributed by atoms with Gasteiger partial charge in [0.2, 0.25) is 0 Å². The molecule has 108 valence electrons. The van der Waals surface area contributed by atoms with Crippen molar-refractivity contribution in [2.75, 3.05) is 25.5 Å². The molecule has 1 saturated heterocycles. The summed E-state index contributed by atoms with van der Waals surface area (Å²) in [7, 11) is 0. The van der Waals surface area contributed by atoms with E-state index in [9.17, 15) is 0 Å². The molecule has 0 aliphatic carbocycles. The molecule has 0 aromatic carbocycles. The van der Waals surface area contributed by atoms with Crippen LogP contribution < -0.4 is 5.32 Å². The minimum Gasteiger partial charge on any atom is -0.377 e. The van der Waals surface area contributed by atoms with Crippen LogP contribution >= 0.6 is 23.5 Å². The molecule has 0 bridgehead atoms. The van der Waals surface area contributed by atoms with Gasteiger partial charge in [-0.15, -0.1) is 0 Å². The minimum atomic E-state index is 0.0456. The van der Waals surface area contributed by atoms with Gasteiger partial charge in [0.05, 0.1) is 30.8 Å². The number of nitrogens with zero attached hydrogens (tertiary/aromatic N) is 3. The lowest BCUT2D eigenvalue weighted by atomic mass is 10.1. The van der Waals surface area contributed by atoms with E-state index in [-0.39, 0.29) is 5.54 Å². The lowest BCUT2D eigenvalue weighted by molar-refractivity contribution is 0.188. The van der Waals surface area contributed by atoms with Crippen LogP contribution in [0.4, 0.5) is 0 Å². The van der Waals surface area contributed by atoms with Gasteiger partial charge in [-0.1, -0.05) is 23.5 Å². The van der Waals surface area contributed by atoms with E-state index < -0.39 is 0 Å². The van der Waals surface area contributed by atoms with Gasteiger partial charge in [0.1, 0.15) is 0 Å². The Morgan fingerprint density at radius 1 is 1.55 bits per heavy atom. The van der Waals surface area contributed by atoms with Crippen molar-refractivity contribution in [2.45, 2.75) is 31.5 Å². The predicted molar refractivity (Wildman–Crippen MR) is 85.3 cm³/mol. The lowest BCUT2D eigenvalue weighted by Crippen LogP contribution is -2.33. The zero-order valence-corrected chi connectivity index (χ0v) is 13.3. The van der Waals surface area contributed by atoms with E-state index in [1.807, 2.05) is 0 Å². The molecular weight excluding hydrogens is 292 g/mol. The monoisotopic (exact) mass is 310 g/mol. The van der Waals surface area contributed by atoms with Crippen LogP contribution in [0, 0.1) is 0 Å². The highest BCUT2D eigenvalue weighted by Crippen LogP contribution is 2.36. The maximum atomic E-state index is 5.40. The summed E-state index contributed by atoms with van der Waals surface area (Å²) < 4.78 is 5.40. The zero-order chi connectivity index (χ0) is 13.7. The topological polar surface area (TPSA) is 49.2 Å². The summed E-state index contributed by atoms with van der Waals surface area (Å²) >= 11 is 3.54. The summed E-state index contributed by atoms with van der Waals surface area (Å²) in [5.41, 5.74) is 1.39. The summed E-state index contributed by atoms with van der Waals surface area (Å²) in [6.45, 7) is 6.91. The fourth-order valence-electron chi connectivity index (χ4n) is 2.80. The van der Waals surface area contributed by atoms with E-state index >= 15 is 0 Å². The number of hydrogen-bond acceptors (Lipinski definition) is 7. The first-order chi connectivity index (χ1) is 9.61. The quantitative estimate of drug-likeness (QED) is 0.837. The van der Waals surface area contributed by atoms with Crippen LogP contribution in [0.15, 0.2) is 21.1 Å². The Hall–Kier alpha value is -0.660. The van der Waals surface area contributed by atoms with Gasteiger partial charge in [-0.2, -0.15) is 0 Å². The van der Waals surface area contributed by atoms with Crippen LogP contribution in [0.1, 0.15) is 13.8 Å². The van der Waals surface area contributed by atoms with Crippen LogP contribution in [0.3, 0.4) is 0 Å². The average molecular weight is 310 g/mol. The van der Waals surface area contributed by atoms with Crippen molar-refractivity contribution in [3.05, 3.63) is 11.1 Å². The normalized spacial score (nSPS) is 33.5. The molecule has 7 heteroatoms. The second-order valence-electron chi connectivity index (χ2n) is 6.10. The van der Waals surface area contributed by atoms with Crippen molar-refractivity contribution >= 4 is 33.9 Å². The predicted octanol–water partition coefficient (Wildman–Crippen LogP) is 1.48. The molecule has 0 aromatic heterocycles. The standard InChI is InChI=1S/C13H18N4OS2/c1-13(2)7-17-8(6-20-12(17)16-13)5-19-11-14-9-3-18-4-10(9)15-11/h6,9-10H,3-5,7H2,1-2H3,(H,14,15)/t9-,10-/m1/s1. The van der Waals surface area contributed by atoms with Gasteiger partial charge in [0.25, 0.3) is 0 Å². The first kappa shape index (κ1) is 13.0. The average Bonchev–Trinajstić information content (AvgIpc) is 3.05. The zero-order valence-electron chi connectivity index (χ0n) is 11.6. The molecule has 4 aliphatic heterocycles. The summed E-state index contributed by atoms with van der Waals surface area (Å²) in [4.78, 5) is 11.8. The van der Waals surface area contributed by atoms with Crippen molar-refractivity contribution < 1.29 is 4.74 Å². The van der Waals surface area contributed by atoms with Gasteiger partial charge in [-0.05, 0) is 19.3 Å². The van der Waals surface area contributed by atoms with Crippen molar-refractivity contribution in [1.82, 2.24) is 10.2 Å². The first-order valence-electron chi connectivity index (χ1n) is 6.89.